The lowest BCUT2D eigenvalue weighted by Crippen LogP contribution is -2.51. The fourth-order valence-electron chi connectivity index (χ4n) is 3.80. The number of hydrogen-bond donors (Lipinski definition) is 0. The van der Waals surface area contributed by atoms with Crippen molar-refractivity contribution in [3.05, 3.63) is 11.7 Å². The van der Waals surface area contributed by atoms with E-state index in [1.807, 2.05) is 0 Å². The van der Waals surface area contributed by atoms with Crippen LogP contribution in [0.1, 0.15) is 77.6 Å². The lowest BCUT2D eigenvalue weighted by atomic mass is 9.88. The number of piperazine rings is 1. The lowest BCUT2D eigenvalue weighted by molar-refractivity contribution is -0.138. The zero-order valence-electron chi connectivity index (χ0n) is 16.1. The number of amides is 1. The minimum absolute atomic E-state index is 0.0931. The molecule has 1 aliphatic carbocycles. The molecule has 1 aromatic heterocycles. The Morgan fingerprint density at radius 2 is 1.76 bits per heavy atom. The number of hydrogen-bond acceptors (Lipinski definition) is 5. The number of carbonyl (C=O) groups excluding carboxylic acids is 1. The molecule has 2 heterocycles. The van der Waals surface area contributed by atoms with Gasteiger partial charge in [-0.1, -0.05) is 45.2 Å². The molecule has 1 saturated heterocycles. The van der Waals surface area contributed by atoms with Crippen LogP contribution in [0.4, 0.5) is 0 Å². The second-order valence-electron chi connectivity index (χ2n) is 8.58. The maximum atomic E-state index is 12.7. The first-order valence-electron chi connectivity index (χ1n) is 9.73. The molecule has 2 aliphatic rings. The van der Waals surface area contributed by atoms with E-state index in [9.17, 15) is 4.79 Å². The molecule has 6 nitrogen and oxygen atoms in total. The predicted molar refractivity (Wildman–Crippen MR) is 96.1 cm³/mol. The highest BCUT2D eigenvalue weighted by Gasteiger charge is 2.32. The summed E-state index contributed by atoms with van der Waals surface area (Å²) in [6, 6.07) is 0.0931. The van der Waals surface area contributed by atoms with E-state index in [0.29, 0.717) is 11.8 Å². The van der Waals surface area contributed by atoms with Gasteiger partial charge in [-0.05, 0) is 19.8 Å². The molecule has 0 aromatic carbocycles. The third kappa shape index (κ3) is 4.22. The first kappa shape index (κ1) is 18.4. The minimum atomic E-state index is -0.105. The molecule has 1 aromatic rings. The van der Waals surface area contributed by atoms with E-state index in [1.165, 1.54) is 19.3 Å². The Kier molecular flexibility index (Phi) is 5.46. The summed E-state index contributed by atoms with van der Waals surface area (Å²) < 4.78 is 5.49. The van der Waals surface area contributed by atoms with Crippen LogP contribution in [0.3, 0.4) is 0 Å². The molecule has 1 atom stereocenters. The number of nitrogens with zero attached hydrogens (tertiary/aromatic N) is 4. The fourth-order valence-corrected chi connectivity index (χ4v) is 3.80. The van der Waals surface area contributed by atoms with Gasteiger partial charge < -0.3 is 9.42 Å². The van der Waals surface area contributed by atoms with Gasteiger partial charge in [-0.25, -0.2) is 0 Å². The zero-order chi connectivity index (χ0) is 18.0. The van der Waals surface area contributed by atoms with Gasteiger partial charge in [0.1, 0.15) is 0 Å². The van der Waals surface area contributed by atoms with E-state index in [4.69, 9.17) is 4.52 Å². The number of carbonyl (C=O) groups is 1. The lowest BCUT2D eigenvalue weighted by Gasteiger charge is -2.38. The summed E-state index contributed by atoms with van der Waals surface area (Å²) in [6.07, 6.45) is 5.86. The molecule has 1 unspecified atom stereocenters. The van der Waals surface area contributed by atoms with Crippen LogP contribution in [-0.4, -0.2) is 52.0 Å². The van der Waals surface area contributed by atoms with Gasteiger partial charge in [0.15, 0.2) is 5.82 Å². The van der Waals surface area contributed by atoms with E-state index >= 15 is 0 Å². The first-order chi connectivity index (χ1) is 11.9. The van der Waals surface area contributed by atoms with Crippen molar-refractivity contribution >= 4 is 5.91 Å². The van der Waals surface area contributed by atoms with Crippen LogP contribution < -0.4 is 0 Å². The van der Waals surface area contributed by atoms with Gasteiger partial charge >= 0.3 is 0 Å². The molecular weight excluding hydrogens is 316 g/mol. The van der Waals surface area contributed by atoms with Gasteiger partial charge in [-0.15, -0.1) is 0 Å². The predicted octanol–water partition coefficient (Wildman–Crippen LogP) is 3.15. The monoisotopic (exact) mass is 348 g/mol. The first-order valence-corrected chi connectivity index (χ1v) is 9.73. The molecule has 3 rings (SSSR count). The average molecular weight is 348 g/mol. The zero-order valence-corrected chi connectivity index (χ0v) is 16.1. The van der Waals surface area contributed by atoms with Crippen molar-refractivity contribution in [2.24, 2.45) is 5.92 Å². The van der Waals surface area contributed by atoms with Crippen molar-refractivity contribution < 1.29 is 9.32 Å². The highest BCUT2D eigenvalue weighted by Crippen LogP contribution is 2.27. The van der Waals surface area contributed by atoms with Crippen LogP contribution in [-0.2, 0) is 10.2 Å². The molecule has 140 valence electrons. The number of aromatic nitrogens is 2. The van der Waals surface area contributed by atoms with Crippen LogP contribution in [0.25, 0.3) is 0 Å². The van der Waals surface area contributed by atoms with Gasteiger partial charge in [0.05, 0.1) is 6.04 Å². The van der Waals surface area contributed by atoms with Crippen LogP contribution in [0.15, 0.2) is 4.52 Å². The smallest absolute Gasteiger partial charge is 0.243 e. The quantitative estimate of drug-likeness (QED) is 0.840. The summed E-state index contributed by atoms with van der Waals surface area (Å²) in [7, 11) is 0. The van der Waals surface area contributed by atoms with E-state index < -0.39 is 0 Å². The van der Waals surface area contributed by atoms with Gasteiger partial charge in [0.25, 0.3) is 0 Å². The molecule has 2 fully saturated rings. The Bertz CT molecular complexity index is 578. The molecule has 0 N–H and O–H groups in total. The van der Waals surface area contributed by atoms with Crippen LogP contribution in [0.5, 0.6) is 0 Å². The van der Waals surface area contributed by atoms with Gasteiger partial charge in [-0.2, -0.15) is 4.98 Å². The van der Waals surface area contributed by atoms with Crippen LogP contribution >= 0.6 is 0 Å². The Labute approximate surface area is 150 Å². The van der Waals surface area contributed by atoms with Crippen molar-refractivity contribution in [1.82, 2.24) is 19.9 Å². The highest BCUT2D eigenvalue weighted by atomic mass is 16.5. The summed E-state index contributed by atoms with van der Waals surface area (Å²) in [6.45, 7) is 11.7. The second-order valence-corrected chi connectivity index (χ2v) is 8.58. The molecule has 1 saturated carbocycles. The van der Waals surface area contributed by atoms with Crippen molar-refractivity contribution in [2.75, 3.05) is 26.2 Å². The van der Waals surface area contributed by atoms with Crippen molar-refractivity contribution in [1.29, 1.82) is 0 Å². The third-order valence-electron chi connectivity index (χ3n) is 5.60. The Hall–Kier alpha value is -1.43. The van der Waals surface area contributed by atoms with Gasteiger partial charge in [0.2, 0.25) is 11.8 Å². The SMILES string of the molecule is CC(c1nc(C(C)(C)C)no1)N1CCN(C(=O)C2CCCCC2)CC1. The van der Waals surface area contributed by atoms with Crippen molar-refractivity contribution in [3.63, 3.8) is 0 Å². The highest BCUT2D eigenvalue weighted by molar-refractivity contribution is 5.79. The third-order valence-corrected chi connectivity index (χ3v) is 5.60. The van der Waals surface area contributed by atoms with E-state index in [2.05, 4.69) is 47.6 Å². The molecule has 25 heavy (non-hydrogen) atoms. The standard InChI is InChI=1S/C19H32N4O2/c1-14(16-20-18(21-25-16)19(2,3)4)22-10-12-23(13-11-22)17(24)15-8-6-5-7-9-15/h14-15H,5-13H2,1-4H3. The summed E-state index contributed by atoms with van der Waals surface area (Å²) in [4.78, 5) is 21.7. The van der Waals surface area contributed by atoms with Gasteiger partial charge in [-0.3, -0.25) is 9.69 Å². The summed E-state index contributed by atoms with van der Waals surface area (Å²) >= 11 is 0. The summed E-state index contributed by atoms with van der Waals surface area (Å²) in [5.41, 5.74) is -0.105. The molecule has 6 heteroatoms. The molecular formula is C19H32N4O2. The molecule has 1 aliphatic heterocycles. The largest absolute Gasteiger partial charge is 0.340 e. The average Bonchev–Trinajstić information content (AvgIpc) is 3.12. The fraction of sp³-hybridized carbons (Fsp3) is 0.842. The maximum absolute atomic E-state index is 12.7. The maximum Gasteiger partial charge on any atom is 0.243 e. The number of rotatable bonds is 3. The van der Waals surface area contributed by atoms with Crippen molar-refractivity contribution in [2.45, 2.75) is 71.3 Å². The molecule has 0 radical (unpaired) electrons. The molecule has 0 spiro atoms. The Morgan fingerprint density at radius 1 is 1.12 bits per heavy atom. The van der Waals surface area contributed by atoms with Crippen molar-refractivity contribution in [3.8, 4) is 0 Å². The minimum Gasteiger partial charge on any atom is -0.340 e. The van der Waals surface area contributed by atoms with E-state index in [0.717, 1.165) is 44.8 Å². The van der Waals surface area contributed by atoms with Crippen LogP contribution in [0.2, 0.25) is 0 Å². The summed E-state index contributed by atoms with van der Waals surface area (Å²) in [5, 5.41) is 4.13. The molecule has 0 bridgehead atoms. The summed E-state index contributed by atoms with van der Waals surface area (Å²) in [5.74, 6) is 2.07. The van der Waals surface area contributed by atoms with E-state index in [-0.39, 0.29) is 17.4 Å². The second kappa shape index (κ2) is 7.44. The van der Waals surface area contributed by atoms with Gasteiger partial charge in [0, 0.05) is 37.5 Å². The van der Waals surface area contributed by atoms with E-state index in [1.54, 1.807) is 0 Å². The van der Waals surface area contributed by atoms with Crippen LogP contribution in [0, 0.1) is 5.92 Å². The Morgan fingerprint density at radius 3 is 2.32 bits per heavy atom. The topological polar surface area (TPSA) is 62.5 Å². The molecule has 1 amide bonds. The Balaban J connectivity index is 1.54. The normalized spacial score (nSPS) is 22.2.